The second kappa shape index (κ2) is 12.4. The third-order valence-electron chi connectivity index (χ3n) is 7.19. The minimum atomic E-state index is -0.590. The fourth-order valence-electron chi connectivity index (χ4n) is 5.24. The van der Waals surface area contributed by atoms with Crippen LogP contribution in [0.25, 0.3) is 22.5 Å². The molecule has 1 aromatic heterocycles. The van der Waals surface area contributed by atoms with Gasteiger partial charge in [0.15, 0.2) is 11.6 Å². The van der Waals surface area contributed by atoms with Crippen molar-refractivity contribution >= 4 is 23.4 Å². The molecule has 0 spiro atoms. The Bertz CT molecular complexity index is 1270. The Morgan fingerprint density at radius 1 is 1.05 bits per heavy atom. The van der Waals surface area contributed by atoms with Crippen molar-refractivity contribution in [3.63, 3.8) is 0 Å². The van der Waals surface area contributed by atoms with Crippen molar-refractivity contribution in [1.82, 2.24) is 20.1 Å². The summed E-state index contributed by atoms with van der Waals surface area (Å²) >= 11 is 6.03. The fourth-order valence-corrected chi connectivity index (χ4v) is 5.37. The normalized spacial score (nSPS) is 16.8. The quantitative estimate of drug-likeness (QED) is 0.314. The summed E-state index contributed by atoms with van der Waals surface area (Å²) in [5.41, 5.74) is 8.84. The number of rotatable bonds is 10. The van der Waals surface area contributed by atoms with E-state index in [1.807, 2.05) is 50.2 Å². The van der Waals surface area contributed by atoms with E-state index in [2.05, 4.69) is 38.8 Å². The Hall–Kier alpha value is -3.45. The molecule has 8 heteroatoms. The maximum Gasteiger partial charge on any atom is 0.224 e. The number of amides is 2. The van der Waals surface area contributed by atoms with Gasteiger partial charge in [-0.25, -0.2) is 0 Å². The Morgan fingerprint density at radius 2 is 1.68 bits per heavy atom. The molecule has 3 unspecified atom stereocenters. The van der Waals surface area contributed by atoms with Gasteiger partial charge >= 0.3 is 0 Å². The van der Waals surface area contributed by atoms with Crippen molar-refractivity contribution in [3.8, 4) is 22.5 Å². The second-order valence-corrected chi connectivity index (χ2v) is 10.9. The summed E-state index contributed by atoms with van der Waals surface area (Å²) in [6.07, 6.45) is 5.27. The maximum atomic E-state index is 13.5. The second-order valence-electron chi connectivity index (χ2n) is 10.4. The summed E-state index contributed by atoms with van der Waals surface area (Å²) in [4.78, 5) is 25.8. The van der Waals surface area contributed by atoms with E-state index in [1.54, 1.807) is 6.08 Å². The molecule has 1 aliphatic rings. The Labute approximate surface area is 229 Å². The third kappa shape index (κ3) is 6.33. The molecule has 1 aliphatic heterocycles. The highest BCUT2D eigenvalue weighted by Gasteiger charge is 2.34. The molecule has 38 heavy (non-hydrogen) atoms. The fraction of sp³-hybridized carbons (Fsp3) is 0.400. The van der Waals surface area contributed by atoms with Gasteiger partial charge in [-0.3, -0.25) is 9.59 Å². The van der Waals surface area contributed by atoms with E-state index in [0.29, 0.717) is 17.9 Å². The molecule has 0 bridgehead atoms. The summed E-state index contributed by atoms with van der Waals surface area (Å²) in [5.74, 6) is 0.00845. The molecule has 2 amide bonds. The van der Waals surface area contributed by atoms with Gasteiger partial charge in [0.25, 0.3) is 0 Å². The lowest BCUT2D eigenvalue weighted by Crippen LogP contribution is -2.42. The zero-order valence-corrected chi connectivity index (χ0v) is 22.8. The molecule has 3 atom stereocenters. The van der Waals surface area contributed by atoms with Crippen molar-refractivity contribution in [2.45, 2.75) is 58.5 Å². The first-order valence-electron chi connectivity index (χ1n) is 13.3. The molecule has 0 radical (unpaired) electrons. The number of carbonyl (C=O) groups excluding carboxylic acids is 2. The molecule has 200 valence electrons. The number of carbonyl (C=O) groups is 2. The molecule has 0 saturated carbocycles. The van der Waals surface area contributed by atoms with Crippen LogP contribution in [-0.2, 0) is 16.1 Å². The number of nitrogens with zero attached hydrogens (tertiary/aromatic N) is 3. The number of allylic oxidation sites excluding steroid dienone is 1. The SMILES string of the molecule is C=CCC(C(N)=O)C(CC(C)C)C(=O)NC1CCCCn2c(-c3ccc(-c4ccc(Cl)cc4)cc3)nnc21. The highest BCUT2D eigenvalue weighted by molar-refractivity contribution is 6.30. The van der Waals surface area contributed by atoms with Gasteiger partial charge < -0.3 is 15.6 Å². The van der Waals surface area contributed by atoms with Crippen LogP contribution in [0, 0.1) is 17.8 Å². The van der Waals surface area contributed by atoms with Crippen LogP contribution in [0.15, 0.2) is 61.2 Å². The van der Waals surface area contributed by atoms with Gasteiger partial charge in [0.2, 0.25) is 11.8 Å². The molecule has 0 saturated heterocycles. The molecular formula is C30H36ClN5O2. The number of primary amides is 1. The predicted molar refractivity (Wildman–Crippen MR) is 151 cm³/mol. The van der Waals surface area contributed by atoms with Gasteiger partial charge in [-0.1, -0.05) is 67.9 Å². The average Bonchev–Trinajstić information content (AvgIpc) is 3.22. The van der Waals surface area contributed by atoms with E-state index in [1.165, 1.54) is 0 Å². The average molecular weight is 534 g/mol. The van der Waals surface area contributed by atoms with E-state index < -0.39 is 17.7 Å². The van der Waals surface area contributed by atoms with E-state index in [4.69, 9.17) is 17.3 Å². The molecule has 3 aromatic rings. The summed E-state index contributed by atoms with van der Waals surface area (Å²) in [6, 6.07) is 15.7. The van der Waals surface area contributed by atoms with Gasteiger partial charge in [-0.2, -0.15) is 0 Å². The third-order valence-corrected chi connectivity index (χ3v) is 7.44. The van der Waals surface area contributed by atoms with Gasteiger partial charge in [0, 0.05) is 17.1 Å². The summed E-state index contributed by atoms with van der Waals surface area (Å²) < 4.78 is 2.11. The standard InChI is InChI=1S/C30H36ClN5O2/c1-4-7-24(27(32)37)25(18-19(2)3)30(38)33-26-8-5-6-17-36-28(34-35-29(26)36)22-11-9-20(10-12-22)21-13-15-23(31)16-14-21/h4,9-16,19,24-26H,1,5-8,17-18H2,2-3H3,(H2,32,37)(H,33,38). The van der Waals surface area contributed by atoms with Crippen molar-refractivity contribution < 1.29 is 9.59 Å². The van der Waals surface area contributed by atoms with Crippen LogP contribution >= 0.6 is 11.6 Å². The van der Waals surface area contributed by atoms with E-state index in [0.717, 1.165) is 54.1 Å². The highest BCUT2D eigenvalue weighted by Crippen LogP contribution is 2.31. The van der Waals surface area contributed by atoms with Crippen LogP contribution < -0.4 is 11.1 Å². The first-order valence-corrected chi connectivity index (χ1v) is 13.7. The molecule has 0 fully saturated rings. The van der Waals surface area contributed by atoms with Crippen LogP contribution in [0.2, 0.25) is 5.02 Å². The smallest absolute Gasteiger partial charge is 0.224 e. The number of nitrogens with one attached hydrogen (secondary N) is 1. The van der Waals surface area contributed by atoms with Gasteiger partial charge in [-0.15, -0.1) is 16.8 Å². The largest absolute Gasteiger partial charge is 0.369 e. The van der Waals surface area contributed by atoms with E-state index in [9.17, 15) is 9.59 Å². The van der Waals surface area contributed by atoms with Crippen molar-refractivity contribution in [2.24, 2.45) is 23.5 Å². The number of fused-ring (bicyclic) bond motifs is 1. The van der Waals surface area contributed by atoms with E-state index >= 15 is 0 Å². The predicted octanol–water partition coefficient (Wildman–Crippen LogP) is 5.95. The lowest BCUT2D eigenvalue weighted by atomic mass is 9.82. The number of benzene rings is 2. The number of aromatic nitrogens is 3. The Morgan fingerprint density at radius 3 is 2.29 bits per heavy atom. The minimum absolute atomic E-state index is 0.167. The first kappa shape index (κ1) is 27.6. The van der Waals surface area contributed by atoms with Crippen LogP contribution in [0.1, 0.15) is 57.8 Å². The van der Waals surface area contributed by atoms with Crippen LogP contribution in [-0.4, -0.2) is 26.6 Å². The van der Waals surface area contributed by atoms with Crippen LogP contribution in [0.5, 0.6) is 0 Å². The summed E-state index contributed by atoms with van der Waals surface area (Å²) in [6.45, 7) is 8.61. The molecule has 2 aromatic carbocycles. The summed E-state index contributed by atoms with van der Waals surface area (Å²) in [5, 5.41) is 13.0. The zero-order chi connectivity index (χ0) is 27.2. The molecule has 2 heterocycles. The molecule has 4 rings (SSSR count). The van der Waals surface area contributed by atoms with Gasteiger partial charge in [-0.05, 0) is 61.3 Å². The lowest BCUT2D eigenvalue weighted by molar-refractivity contribution is -0.134. The lowest BCUT2D eigenvalue weighted by Gasteiger charge is -2.27. The number of halogens is 1. The van der Waals surface area contributed by atoms with E-state index in [-0.39, 0.29) is 17.9 Å². The molecule has 3 N–H and O–H groups in total. The van der Waals surface area contributed by atoms with Crippen molar-refractivity contribution in [2.75, 3.05) is 0 Å². The van der Waals surface area contributed by atoms with Crippen molar-refractivity contribution in [1.29, 1.82) is 0 Å². The number of hydrogen-bond acceptors (Lipinski definition) is 4. The van der Waals surface area contributed by atoms with Crippen LogP contribution in [0.3, 0.4) is 0 Å². The Balaban J connectivity index is 1.58. The minimum Gasteiger partial charge on any atom is -0.369 e. The Kier molecular flexibility index (Phi) is 9.00. The number of nitrogens with two attached hydrogens (primary N) is 1. The van der Waals surface area contributed by atoms with Gasteiger partial charge in [0.05, 0.1) is 17.9 Å². The molecule has 0 aliphatic carbocycles. The van der Waals surface area contributed by atoms with Crippen molar-refractivity contribution in [3.05, 3.63) is 72.0 Å². The molecule has 7 nitrogen and oxygen atoms in total. The highest BCUT2D eigenvalue weighted by atomic mass is 35.5. The summed E-state index contributed by atoms with van der Waals surface area (Å²) in [7, 11) is 0. The van der Waals surface area contributed by atoms with Crippen LogP contribution in [0.4, 0.5) is 0 Å². The molecular weight excluding hydrogens is 498 g/mol. The first-order chi connectivity index (χ1) is 18.3. The monoisotopic (exact) mass is 533 g/mol. The van der Waals surface area contributed by atoms with Gasteiger partial charge in [0.1, 0.15) is 0 Å². The zero-order valence-electron chi connectivity index (χ0n) is 22.1. The number of hydrogen-bond donors (Lipinski definition) is 2. The maximum absolute atomic E-state index is 13.5. The topological polar surface area (TPSA) is 103 Å².